The fourth-order valence-electron chi connectivity index (χ4n) is 5.84. The Morgan fingerprint density at radius 2 is 1.50 bits per heavy atom. The van der Waals surface area contributed by atoms with Crippen LogP contribution in [-0.2, 0) is 9.47 Å². The van der Waals surface area contributed by atoms with Gasteiger partial charge in [0.1, 0.15) is 6.29 Å². The summed E-state index contributed by atoms with van der Waals surface area (Å²) in [5.74, 6) is 1.62. The highest BCUT2D eigenvalue weighted by atomic mass is 16.5. The van der Waals surface area contributed by atoms with Crippen molar-refractivity contribution >= 4 is 0 Å². The Kier molecular flexibility index (Phi) is 9.23. The molecule has 7 heteroatoms. The van der Waals surface area contributed by atoms with Crippen molar-refractivity contribution in [2.45, 2.75) is 75.9 Å². The van der Waals surface area contributed by atoms with E-state index in [1.807, 2.05) is 7.11 Å². The average molecular weight is 424 g/mol. The van der Waals surface area contributed by atoms with Crippen LogP contribution in [0.2, 0.25) is 0 Å². The van der Waals surface area contributed by atoms with Crippen LogP contribution in [0.3, 0.4) is 0 Å². The predicted molar refractivity (Wildman–Crippen MR) is 120 cm³/mol. The van der Waals surface area contributed by atoms with Crippen molar-refractivity contribution in [3.8, 4) is 0 Å². The van der Waals surface area contributed by atoms with Gasteiger partial charge in [-0.3, -0.25) is 20.9 Å². The molecule has 0 amide bonds. The van der Waals surface area contributed by atoms with E-state index in [-0.39, 0.29) is 6.29 Å². The van der Waals surface area contributed by atoms with Crippen LogP contribution in [0.25, 0.3) is 0 Å². The Balaban J connectivity index is 1.06. The van der Waals surface area contributed by atoms with E-state index in [4.69, 9.17) is 9.47 Å². The van der Waals surface area contributed by atoms with E-state index >= 15 is 0 Å². The number of ether oxygens (including phenoxy) is 2. The van der Waals surface area contributed by atoms with E-state index < -0.39 is 0 Å². The van der Waals surface area contributed by atoms with Gasteiger partial charge in [0.05, 0.1) is 18.8 Å². The molecule has 2 heterocycles. The van der Waals surface area contributed by atoms with Gasteiger partial charge in [-0.2, -0.15) is 0 Å². The third kappa shape index (κ3) is 6.86. The Labute approximate surface area is 183 Å². The summed E-state index contributed by atoms with van der Waals surface area (Å²) in [6.45, 7) is 8.82. The Morgan fingerprint density at radius 1 is 0.833 bits per heavy atom. The number of methoxy groups -OCH3 is 1. The van der Waals surface area contributed by atoms with Gasteiger partial charge in [-0.1, -0.05) is 0 Å². The number of piperazine rings is 1. The number of hydrogen-bond acceptors (Lipinski definition) is 7. The molecule has 174 valence electrons. The summed E-state index contributed by atoms with van der Waals surface area (Å²) < 4.78 is 11.7. The van der Waals surface area contributed by atoms with Gasteiger partial charge < -0.3 is 14.8 Å². The fourth-order valence-corrected chi connectivity index (χ4v) is 5.84. The smallest absolute Gasteiger partial charge is 0.112 e. The summed E-state index contributed by atoms with van der Waals surface area (Å²) in [6.07, 6.45) is 11.2. The maximum absolute atomic E-state index is 6.19. The molecular formula is C23H45N5O2. The molecule has 2 saturated carbocycles. The van der Waals surface area contributed by atoms with Crippen molar-refractivity contribution in [2.75, 3.05) is 59.5 Å². The van der Waals surface area contributed by atoms with Crippen molar-refractivity contribution in [2.24, 2.45) is 11.8 Å². The maximum Gasteiger partial charge on any atom is 0.112 e. The second-order valence-corrected chi connectivity index (χ2v) is 9.88. The second kappa shape index (κ2) is 12.1. The van der Waals surface area contributed by atoms with Gasteiger partial charge in [0, 0.05) is 59.0 Å². The molecule has 2 aliphatic heterocycles. The molecule has 0 aromatic carbocycles. The summed E-state index contributed by atoms with van der Waals surface area (Å²) in [5.41, 5.74) is 0. The standard InChI is InChI=1S/C23H45N5O2/c1-29-21-6-2-18(3-7-21)19-16-25-23(26-17-19)27-20-4-8-22(9-5-20)30-15-14-28-12-10-24-11-13-28/h18-27H,2-17H2,1H3. The van der Waals surface area contributed by atoms with Crippen LogP contribution >= 0.6 is 0 Å². The first-order chi connectivity index (χ1) is 14.8. The van der Waals surface area contributed by atoms with E-state index in [0.717, 1.165) is 64.3 Å². The first kappa shape index (κ1) is 22.9. The van der Waals surface area contributed by atoms with Gasteiger partial charge in [-0.05, 0) is 63.2 Å². The zero-order chi connectivity index (χ0) is 20.6. The molecular weight excluding hydrogens is 378 g/mol. The first-order valence-electron chi connectivity index (χ1n) is 12.6. The van der Waals surface area contributed by atoms with Gasteiger partial charge in [0.15, 0.2) is 0 Å². The van der Waals surface area contributed by atoms with E-state index in [1.165, 1.54) is 51.4 Å². The SMILES string of the molecule is COC1CCC(C2CNC(NC3CCC(OCCN4CCNCC4)CC3)NC2)CC1. The molecule has 0 aromatic rings. The van der Waals surface area contributed by atoms with Crippen LogP contribution in [0.4, 0.5) is 0 Å². The van der Waals surface area contributed by atoms with E-state index in [2.05, 4.69) is 26.2 Å². The zero-order valence-corrected chi connectivity index (χ0v) is 19.0. The second-order valence-electron chi connectivity index (χ2n) is 9.88. The van der Waals surface area contributed by atoms with Gasteiger partial charge in [0.2, 0.25) is 0 Å². The minimum atomic E-state index is 0.270. The summed E-state index contributed by atoms with van der Waals surface area (Å²) >= 11 is 0. The van der Waals surface area contributed by atoms with E-state index in [0.29, 0.717) is 18.2 Å². The third-order valence-electron chi connectivity index (χ3n) is 7.93. The van der Waals surface area contributed by atoms with Gasteiger partial charge >= 0.3 is 0 Å². The quantitative estimate of drug-likeness (QED) is 0.466. The Morgan fingerprint density at radius 3 is 2.17 bits per heavy atom. The van der Waals surface area contributed by atoms with Crippen LogP contribution in [0, 0.1) is 11.8 Å². The lowest BCUT2D eigenvalue weighted by Gasteiger charge is -2.40. The summed E-state index contributed by atoms with van der Waals surface area (Å²) in [6, 6.07) is 0.608. The minimum absolute atomic E-state index is 0.270. The number of nitrogens with zero attached hydrogens (tertiary/aromatic N) is 1. The monoisotopic (exact) mass is 423 g/mol. The lowest BCUT2D eigenvalue weighted by atomic mass is 9.78. The minimum Gasteiger partial charge on any atom is -0.381 e. The summed E-state index contributed by atoms with van der Waals surface area (Å²) in [4.78, 5) is 2.51. The van der Waals surface area contributed by atoms with Crippen molar-refractivity contribution in [3.05, 3.63) is 0 Å². The number of nitrogens with one attached hydrogen (secondary N) is 4. The molecule has 0 radical (unpaired) electrons. The highest BCUT2D eigenvalue weighted by molar-refractivity contribution is 4.87. The van der Waals surface area contributed by atoms with Crippen LogP contribution in [0.1, 0.15) is 51.4 Å². The van der Waals surface area contributed by atoms with Crippen LogP contribution in [-0.4, -0.2) is 89.0 Å². The van der Waals surface area contributed by atoms with Crippen molar-refractivity contribution < 1.29 is 9.47 Å². The zero-order valence-electron chi connectivity index (χ0n) is 19.0. The lowest BCUT2D eigenvalue weighted by molar-refractivity contribution is 0.00759. The number of rotatable bonds is 8. The topological polar surface area (TPSA) is 69.8 Å². The van der Waals surface area contributed by atoms with Crippen LogP contribution < -0.4 is 21.3 Å². The van der Waals surface area contributed by atoms with Crippen molar-refractivity contribution in [1.82, 2.24) is 26.2 Å². The molecule has 0 unspecified atom stereocenters. The molecule has 4 rings (SSSR count). The molecule has 0 aromatic heterocycles. The number of hydrogen-bond donors (Lipinski definition) is 4. The predicted octanol–water partition coefficient (Wildman–Crippen LogP) is 1.11. The molecule has 4 N–H and O–H groups in total. The molecule has 7 nitrogen and oxygen atoms in total. The highest BCUT2D eigenvalue weighted by Crippen LogP contribution is 2.31. The van der Waals surface area contributed by atoms with Crippen molar-refractivity contribution in [1.29, 1.82) is 0 Å². The summed E-state index contributed by atoms with van der Waals surface area (Å²) in [7, 11) is 1.86. The normalized spacial score (nSPS) is 39.1. The largest absolute Gasteiger partial charge is 0.381 e. The summed E-state index contributed by atoms with van der Waals surface area (Å²) in [5, 5.41) is 14.7. The van der Waals surface area contributed by atoms with Gasteiger partial charge in [0.25, 0.3) is 0 Å². The molecule has 4 fully saturated rings. The van der Waals surface area contributed by atoms with E-state index in [1.54, 1.807) is 0 Å². The Hall–Kier alpha value is -0.280. The van der Waals surface area contributed by atoms with Crippen LogP contribution in [0.15, 0.2) is 0 Å². The lowest BCUT2D eigenvalue weighted by Crippen LogP contribution is -2.63. The molecule has 0 bridgehead atoms. The van der Waals surface area contributed by atoms with E-state index in [9.17, 15) is 0 Å². The van der Waals surface area contributed by atoms with Gasteiger partial charge in [-0.15, -0.1) is 0 Å². The molecule has 2 aliphatic carbocycles. The fraction of sp³-hybridized carbons (Fsp3) is 1.00. The molecule has 0 spiro atoms. The molecule has 2 saturated heterocycles. The Bertz CT molecular complexity index is 466. The average Bonchev–Trinajstić information content (AvgIpc) is 2.81. The molecule has 0 atom stereocenters. The maximum atomic E-state index is 6.19. The molecule has 30 heavy (non-hydrogen) atoms. The molecule has 4 aliphatic rings. The first-order valence-corrected chi connectivity index (χ1v) is 12.6. The highest BCUT2D eigenvalue weighted by Gasteiger charge is 2.31. The van der Waals surface area contributed by atoms with Crippen molar-refractivity contribution in [3.63, 3.8) is 0 Å². The third-order valence-corrected chi connectivity index (χ3v) is 7.93. The van der Waals surface area contributed by atoms with Gasteiger partial charge in [-0.25, -0.2) is 0 Å². The van der Waals surface area contributed by atoms with Crippen LogP contribution in [0.5, 0.6) is 0 Å².